The number of fused-ring (bicyclic) bond motifs is 1. The summed E-state index contributed by atoms with van der Waals surface area (Å²) in [6.45, 7) is 0. The van der Waals surface area contributed by atoms with E-state index >= 15 is 0 Å². The fraction of sp³-hybridized carbons (Fsp3) is 0.167. The first kappa shape index (κ1) is 9.65. The molecular formula is C12H13NO2. The maximum atomic E-state index is 9.62. The van der Waals surface area contributed by atoms with Crippen LogP contribution in [0.3, 0.4) is 0 Å². The van der Waals surface area contributed by atoms with Gasteiger partial charge in [0.15, 0.2) is 11.5 Å². The molecule has 0 unspecified atom stereocenters. The van der Waals surface area contributed by atoms with Crippen molar-refractivity contribution >= 4 is 16.5 Å². The summed E-state index contributed by atoms with van der Waals surface area (Å²) in [5, 5.41) is 20.5. The van der Waals surface area contributed by atoms with E-state index in [0.29, 0.717) is 5.39 Å². The molecule has 0 spiro atoms. The first-order valence-corrected chi connectivity index (χ1v) is 4.71. The van der Waals surface area contributed by atoms with Crippen LogP contribution in [-0.4, -0.2) is 24.3 Å². The number of rotatable bonds is 1. The summed E-state index contributed by atoms with van der Waals surface area (Å²) in [7, 11) is 3.92. The van der Waals surface area contributed by atoms with Crippen molar-refractivity contribution < 1.29 is 10.2 Å². The van der Waals surface area contributed by atoms with Gasteiger partial charge < -0.3 is 15.1 Å². The Morgan fingerprint density at radius 1 is 1.00 bits per heavy atom. The van der Waals surface area contributed by atoms with Crippen molar-refractivity contribution in [3.05, 3.63) is 30.3 Å². The van der Waals surface area contributed by atoms with E-state index in [2.05, 4.69) is 0 Å². The van der Waals surface area contributed by atoms with E-state index in [1.54, 1.807) is 12.1 Å². The van der Waals surface area contributed by atoms with Crippen molar-refractivity contribution in [2.75, 3.05) is 19.0 Å². The molecule has 0 bridgehead atoms. The summed E-state index contributed by atoms with van der Waals surface area (Å²) in [5.74, 6) is -0.141. The Morgan fingerprint density at radius 3 is 2.40 bits per heavy atom. The number of phenols is 2. The van der Waals surface area contributed by atoms with Gasteiger partial charge in [0.1, 0.15) is 0 Å². The summed E-state index contributed by atoms with van der Waals surface area (Å²) in [4.78, 5) is 1.99. The van der Waals surface area contributed by atoms with Crippen molar-refractivity contribution in [2.24, 2.45) is 0 Å². The molecule has 3 heteroatoms. The average Bonchev–Trinajstić information content (AvgIpc) is 2.23. The van der Waals surface area contributed by atoms with Crippen LogP contribution in [0.2, 0.25) is 0 Å². The molecule has 0 aromatic heterocycles. The molecule has 0 heterocycles. The number of phenolic OH excluding ortho intramolecular Hbond substituents is 2. The van der Waals surface area contributed by atoms with Crippen LogP contribution in [0.1, 0.15) is 0 Å². The highest BCUT2D eigenvalue weighted by atomic mass is 16.3. The van der Waals surface area contributed by atoms with Crippen LogP contribution in [0.15, 0.2) is 30.3 Å². The summed E-state index contributed by atoms with van der Waals surface area (Å²) in [6, 6.07) is 8.96. The minimum absolute atomic E-state index is 0.0576. The molecule has 2 aromatic carbocycles. The Kier molecular flexibility index (Phi) is 2.15. The van der Waals surface area contributed by atoms with Gasteiger partial charge in [-0.25, -0.2) is 0 Å². The largest absolute Gasteiger partial charge is 0.504 e. The van der Waals surface area contributed by atoms with Gasteiger partial charge >= 0.3 is 0 Å². The first-order chi connectivity index (χ1) is 7.09. The molecule has 78 valence electrons. The third kappa shape index (κ3) is 1.56. The highest BCUT2D eigenvalue weighted by Gasteiger charge is 2.05. The van der Waals surface area contributed by atoms with Crippen LogP contribution in [0.25, 0.3) is 10.8 Å². The van der Waals surface area contributed by atoms with Gasteiger partial charge in [-0.2, -0.15) is 0 Å². The number of benzene rings is 2. The Hall–Kier alpha value is -1.90. The van der Waals surface area contributed by atoms with Gasteiger partial charge in [0.25, 0.3) is 0 Å². The molecule has 0 saturated heterocycles. The maximum Gasteiger partial charge on any atom is 0.165 e. The predicted molar refractivity (Wildman–Crippen MR) is 61.6 cm³/mol. The zero-order valence-electron chi connectivity index (χ0n) is 8.73. The van der Waals surface area contributed by atoms with Gasteiger partial charge in [-0.3, -0.25) is 0 Å². The number of anilines is 1. The number of nitrogens with zero attached hydrogens (tertiary/aromatic N) is 1. The Labute approximate surface area is 88.2 Å². The molecule has 0 aliphatic carbocycles. The van der Waals surface area contributed by atoms with E-state index < -0.39 is 0 Å². The molecule has 0 amide bonds. The quantitative estimate of drug-likeness (QED) is 0.699. The highest BCUT2D eigenvalue weighted by Crippen LogP contribution is 2.34. The van der Waals surface area contributed by atoms with E-state index in [4.69, 9.17) is 0 Å². The second kappa shape index (κ2) is 3.35. The first-order valence-electron chi connectivity index (χ1n) is 4.71. The number of hydrogen-bond donors (Lipinski definition) is 2. The molecule has 0 fully saturated rings. The predicted octanol–water partition coefficient (Wildman–Crippen LogP) is 2.32. The van der Waals surface area contributed by atoms with E-state index in [1.165, 1.54) is 6.07 Å². The van der Waals surface area contributed by atoms with E-state index in [-0.39, 0.29) is 11.5 Å². The monoisotopic (exact) mass is 203 g/mol. The molecule has 0 aliphatic heterocycles. The smallest absolute Gasteiger partial charge is 0.165 e. The summed E-state index contributed by atoms with van der Waals surface area (Å²) in [5.41, 5.74) is 1.06. The lowest BCUT2D eigenvalue weighted by Crippen LogP contribution is -2.07. The molecule has 0 radical (unpaired) electrons. The van der Waals surface area contributed by atoms with Crippen molar-refractivity contribution in [2.45, 2.75) is 0 Å². The van der Waals surface area contributed by atoms with Gasteiger partial charge in [-0.05, 0) is 29.7 Å². The molecule has 2 rings (SSSR count). The number of hydrogen-bond acceptors (Lipinski definition) is 3. The molecular weight excluding hydrogens is 190 g/mol. The van der Waals surface area contributed by atoms with Crippen molar-refractivity contribution in [3.63, 3.8) is 0 Å². The van der Waals surface area contributed by atoms with Crippen LogP contribution in [0.4, 0.5) is 5.69 Å². The standard InChI is InChI=1S/C12H13NO2/c1-13(2)9-4-5-10-8(7-9)3-6-11(14)12(10)15/h3-7,14-15H,1-2H3. The lowest BCUT2D eigenvalue weighted by molar-refractivity contribution is 0.408. The lowest BCUT2D eigenvalue weighted by Gasteiger charge is -2.13. The van der Waals surface area contributed by atoms with Gasteiger partial charge in [0.05, 0.1) is 0 Å². The Balaban J connectivity index is 2.70. The topological polar surface area (TPSA) is 43.7 Å². The molecule has 0 saturated carbocycles. The maximum absolute atomic E-state index is 9.62. The van der Waals surface area contributed by atoms with Gasteiger partial charge in [-0.15, -0.1) is 0 Å². The number of aromatic hydroxyl groups is 2. The zero-order chi connectivity index (χ0) is 11.0. The van der Waals surface area contributed by atoms with Crippen LogP contribution < -0.4 is 4.90 Å². The molecule has 3 nitrogen and oxygen atoms in total. The van der Waals surface area contributed by atoms with E-state index in [0.717, 1.165) is 11.1 Å². The summed E-state index contributed by atoms with van der Waals surface area (Å²) < 4.78 is 0. The highest BCUT2D eigenvalue weighted by molar-refractivity contribution is 5.92. The third-order valence-corrected chi connectivity index (χ3v) is 2.47. The van der Waals surface area contributed by atoms with Crippen LogP contribution >= 0.6 is 0 Å². The lowest BCUT2D eigenvalue weighted by atomic mass is 10.1. The second-order valence-electron chi connectivity index (χ2n) is 3.73. The average molecular weight is 203 g/mol. The molecule has 0 aliphatic rings. The van der Waals surface area contributed by atoms with Crippen LogP contribution in [-0.2, 0) is 0 Å². The fourth-order valence-corrected chi connectivity index (χ4v) is 1.57. The minimum Gasteiger partial charge on any atom is -0.504 e. The van der Waals surface area contributed by atoms with Crippen molar-refractivity contribution in [1.82, 2.24) is 0 Å². The summed E-state index contributed by atoms with van der Waals surface area (Å²) >= 11 is 0. The summed E-state index contributed by atoms with van der Waals surface area (Å²) in [6.07, 6.45) is 0. The SMILES string of the molecule is CN(C)c1ccc2c(O)c(O)ccc2c1. The molecule has 15 heavy (non-hydrogen) atoms. The Morgan fingerprint density at radius 2 is 1.73 bits per heavy atom. The molecule has 2 aromatic rings. The van der Waals surface area contributed by atoms with E-state index in [1.807, 2.05) is 31.1 Å². The van der Waals surface area contributed by atoms with Crippen molar-refractivity contribution in [3.8, 4) is 11.5 Å². The van der Waals surface area contributed by atoms with Gasteiger partial charge in [-0.1, -0.05) is 6.07 Å². The Bertz CT molecular complexity index is 506. The van der Waals surface area contributed by atoms with E-state index in [9.17, 15) is 10.2 Å². The van der Waals surface area contributed by atoms with Crippen LogP contribution in [0.5, 0.6) is 11.5 Å². The zero-order valence-corrected chi connectivity index (χ0v) is 8.73. The van der Waals surface area contributed by atoms with Crippen LogP contribution in [0, 0.1) is 0 Å². The minimum atomic E-state index is -0.0832. The van der Waals surface area contributed by atoms with Gasteiger partial charge in [0, 0.05) is 25.2 Å². The molecule has 2 N–H and O–H groups in total. The fourth-order valence-electron chi connectivity index (χ4n) is 1.57. The second-order valence-corrected chi connectivity index (χ2v) is 3.73. The third-order valence-electron chi connectivity index (χ3n) is 2.47. The van der Waals surface area contributed by atoms with Crippen molar-refractivity contribution in [1.29, 1.82) is 0 Å². The van der Waals surface area contributed by atoms with Gasteiger partial charge in [0.2, 0.25) is 0 Å². The molecule has 0 atom stereocenters. The normalized spacial score (nSPS) is 10.5.